The van der Waals surface area contributed by atoms with E-state index in [4.69, 9.17) is 15.0 Å². The number of nitrogens with zero attached hydrogens (tertiary/aromatic N) is 6. The molecule has 0 saturated carbocycles. The molecule has 3 heterocycles. The normalized spacial score (nSPS) is 12.5. The quantitative estimate of drug-likeness (QED) is 0.159. The summed E-state index contributed by atoms with van der Waals surface area (Å²) in [6.07, 6.45) is 0. The number of aromatic nitrogens is 5. The molecule has 12 rings (SSSR count). The lowest BCUT2D eigenvalue weighted by Crippen LogP contribution is -2.10. The predicted molar refractivity (Wildman–Crippen MR) is 335 cm³/mol. The monoisotopic (exact) mass is 1040 g/mol. The Kier molecular flexibility index (Phi) is 12.4. The van der Waals surface area contributed by atoms with Crippen molar-refractivity contribution in [2.45, 2.75) is 105 Å². The van der Waals surface area contributed by atoms with Gasteiger partial charge in [-0.05, 0) is 140 Å². The van der Waals surface area contributed by atoms with Crippen LogP contribution in [0.5, 0.6) is 0 Å². The van der Waals surface area contributed by atoms with E-state index in [0.29, 0.717) is 23.0 Å². The minimum Gasteiger partial charge on any atom is -0.309 e. The molecule has 0 saturated heterocycles. The highest BCUT2D eigenvalue weighted by molar-refractivity contribution is 6.12. The van der Waals surface area contributed by atoms with Crippen molar-refractivity contribution in [2.75, 3.05) is 0 Å². The fourth-order valence-electron chi connectivity index (χ4n) is 11.3. The minimum atomic E-state index is -0.0698. The lowest BCUT2D eigenvalue weighted by Gasteiger charge is -2.22. The first kappa shape index (κ1) is 51.8. The van der Waals surface area contributed by atoms with Crippen molar-refractivity contribution in [3.8, 4) is 73.9 Å². The largest absolute Gasteiger partial charge is 0.309 e. The summed E-state index contributed by atoms with van der Waals surface area (Å²) in [7, 11) is 0. The molecule has 0 spiro atoms. The van der Waals surface area contributed by atoms with E-state index in [1.165, 1.54) is 43.8 Å². The van der Waals surface area contributed by atoms with E-state index in [1.807, 2.05) is 48.5 Å². The molecule has 0 aliphatic rings. The molecule has 0 unspecified atom stereocenters. The van der Waals surface area contributed by atoms with Gasteiger partial charge in [0, 0.05) is 49.4 Å². The van der Waals surface area contributed by atoms with E-state index in [2.05, 4.69) is 244 Å². The van der Waals surface area contributed by atoms with E-state index in [1.54, 1.807) is 0 Å². The molecule has 0 bridgehead atoms. The van der Waals surface area contributed by atoms with Gasteiger partial charge < -0.3 is 9.13 Å². The van der Waals surface area contributed by atoms with Gasteiger partial charge in [0.1, 0.15) is 0 Å². The Hall–Kier alpha value is -8.92. The lowest BCUT2D eigenvalue weighted by atomic mass is 9.85. The number of hydrogen-bond acceptors (Lipinski definition) is 4. The van der Waals surface area contributed by atoms with Crippen LogP contribution < -0.4 is 0 Å². The van der Waals surface area contributed by atoms with E-state index < -0.39 is 0 Å². The number of hydrogen-bond donors (Lipinski definition) is 0. The van der Waals surface area contributed by atoms with Crippen LogP contribution in [-0.4, -0.2) is 24.1 Å². The molecular formula is C74H68N6. The standard InChI is InChI=1S/C74H68N6/c1-71(2,3)52-29-35-63-58(41-52)59-42-53(72(4,5)6)30-36-64(59)79(63)62-34-28-51(70-77-68(48-19-15-13-16-20-48)76-69(78-70)49-21-17-14-18-22-49)39-57(62)56-33-27-50(47-25-23-46(45-75)24-26-47)40-67(56)80-65-37-31-54(73(7,8)9)43-60(65)61-44-55(74(10,11)12)32-38-66(61)80/h13-44H,1-12H3. The summed E-state index contributed by atoms with van der Waals surface area (Å²) in [5, 5.41) is 14.7. The van der Waals surface area contributed by atoms with Gasteiger partial charge in [0.15, 0.2) is 17.5 Å². The van der Waals surface area contributed by atoms with Crippen molar-refractivity contribution < 1.29 is 0 Å². The third kappa shape index (κ3) is 9.35. The van der Waals surface area contributed by atoms with Gasteiger partial charge in [0.25, 0.3) is 0 Å². The molecule has 0 N–H and O–H groups in total. The summed E-state index contributed by atoms with van der Waals surface area (Å²) in [6.45, 7) is 27.5. The first-order valence-electron chi connectivity index (χ1n) is 28.0. The maximum atomic E-state index is 9.89. The molecule has 80 heavy (non-hydrogen) atoms. The van der Waals surface area contributed by atoms with Crippen LogP contribution in [-0.2, 0) is 21.7 Å². The summed E-state index contributed by atoms with van der Waals surface area (Å²) in [6, 6.07) is 72.6. The molecule has 12 aromatic rings. The minimum absolute atomic E-state index is 0.0615. The Morgan fingerprint density at radius 2 is 0.675 bits per heavy atom. The molecule has 0 aliphatic carbocycles. The van der Waals surface area contributed by atoms with Gasteiger partial charge in [0.2, 0.25) is 0 Å². The van der Waals surface area contributed by atoms with Crippen LogP contribution in [0.15, 0.2) is 194 Å². The third-order valence-corrected chi connectivity index (χ3v) is 16.1. The number of benzene rings is 9. The highest BCUT2D eigenvalue weighted by atomic mass is 15.0. The summed E-state index contributed by atoms with van der Waals surface area (Å²) in [5.41, 5.74) is 18.8. The molecule has 0 fully saturated rings. The summed E-state index contributed by atoms with van der Waals surface area (Å²) in [4.78, 5) is 15.7. The van der Waals surface area contributed by atoms with E-state index in [9.17, 15) is 5.26 Å². The molecule has 6 nitrogen and oxygen atoms in total. The average Bonchev–Trinajstić information content (AvgIpc) is 3.32. The van der Waals surface area contributed by atoms with Gasteiger partial charge in [0.05, 0.1) is 45.1 Å². The Bertz CT molecular complexity index is 4230. The topological polar surface area (TPSA) is 72.3 Å². The third-order valence-electron chi connectivity index (χ3n) is 16.1. The Morgan fingerprint density at radius 3 is 1.06 bits per heavy atom. The first-order valence-corrected chi connectivity index (χ1v) is 28.0. The fourth-order valence-corrected chi connectivity index (χ4v) is 11.3. The predicted octanol–water partition coefficient (Wildman–Crippen LogP) is 19.5. The zero-order valence-electron chi connectivity index (χ0n) is 48.2. The zero-order valence-corrected chi connectivity index (χ0v) is 48.2. The summed E-state index contributed by atoms with van der Waals surface area (Å²) >= 11 is 0. The second-order valence-electron chi connectivity index (χ2n) is 25.8. The molecule has 3 aromatic heterocycles. The molecule has 9 aromatic carbocycles. The Morgan fingerprint density at radius 1 is 0.312 bits per heavy atom. The smallest absolute Gasteiger partial charge is 0.164 e. The number of rotatable bonds is 7. The van der Waals surface area contributed by atoms with Crippen LogP contribution in [0, 0.1) is 11.3 Å². The molecule has 0 radical (unpaired) electrons. The first-order chi connectivity index (χ1) is 38.1. The SMILES string of the molecule is CC(C)(C)c1ccc2c(c1)c1cc(C(C)(C)C)ccc1n2-c1ccc(-c2nc(-c3ccccc3)nc(-c3ccccc3)n2)cc1-c1ccc(-c2ccc(C#N)cc2)cc1-n1c2ccc(C(C)(C)C)cc2c2cc(C(C)(C)C)ccc21. The molecule has 0 aliphatic heterocycles. The zero-order chi connectivity index (χ0) is 56.0. The van der Waals surface area contributed by atoms with Gasteiger partial charge in [-0.25, -0.2) is 15.0 Å². The molecule has 0 atom stereocenters. The maximum absolute atomic E-state index is 9.89. The second kappa shape index (κ2) is 19.2. The van der Waals surface area contributed by atoms with Gasteiger partial charge >= 0.3 is 0 Å². The van der Waals surface area contributed by atoms with Crippen molar-refractivity contribution in [3.05, 3.63) is 222 Å². The van der Waals surface area contributed by atoms with E-state index >= 15 is 0 Å². The maximum Gasteiger partial charge on any atom is 0.164 e. The van der Waals surface area contributed by atoms with Gasteiger partial charge in [-0.2, -0.15) is 5.26 Å². The highest BCUT2D eigenvalue weighted by Crippen LogP contribution is 2.46. The van der Waals surface area contributed by atoms with Gasteiger partial charge in [-0.3, -0.25) is 0 Å². The fraction of sp³-hybridized carbons (Fsp3) is 0.216. The van der Waals surface area contributed by atoms with Crippen molar-refractivity contribution in [1.29, 1.82) is 5.26 Å². The molecular weight excluding hydrogens is 973 g/mol. The van der Waals surface area contributed by atoms with E-state index in [-0.39, 0.29) is 21.7 Å². The number of fused-ring (bicyclic) bond motifs is 6. The van der Waals surface area contributed by atoms with Crippen LogP contribution >= 0.6 is 0 Å². The van der Waals surface area contributed by atoms with Crippen molar-refractivity contribution in [1.82, 2.24) is 24.1 Å². The van der Waals surface area contributed by atoms with Gasteiger partial charge in [-0.1, -0.05) is 192 Å². The highest BCUT2D eigenvalue weighted by Gasteiger charge is 2.27. The molecule has 6 heteroatoms. The van der Waals surface area contributed by atoms with E-state index in [0.717, 1.165) is 72.4 Å². The van der Waals surface area contributed by atoms with Crippen LogP contribution in [0.25, 0.3) is 111 Å². The van der Waals surface area contributed by atoms with Gasteiger partial charge in [-0.15, -0.1) is 0 Å². The average molecular weight is 1040 g/mol. The van der Waals surface area contributed by atoms with Crippen molar-refractivity contribution in [2.24, 2.45) is 0 Å². The van der Waals surface area contributed by atoms with Crippen LogP contribution in [0.3, 0.4) is 0 Å². The van der Waals surface area contributed by atoms with Crippen LogP contribution in [0.4, 0.5) is 0 Å². The molecule has 0 amide bonds. The van der Waals surface area contributed by atoms with Crippen molar-refractivity contribution in [3.63, 3.8) is 0 Å². The van der Waals surface area contributed by atoms with Crippen LogP contribution in [0.2, 0.25) is 0 Å². The lowest BCUT2D eigenvalue weighted by molar-refractivity contribution is 0.590. The molecule has 394 valence electrons. The Balaban J connectivity index is 1.23. The second-order valence-corrected chi connectivity index (χ2v) is 25.8. The van der Waals surface area contributed by atoms with Crippen LogP contribution in [0.1, 0.15) is 111 Å². The number of nitriles is 1. The Labute approximate surface area is 471 Å². The van der Waals surface area contributed by atoms with Crippen molar-refractivity contribution >= 4 is 43.6 Å². The summed E-state index contributed by atoms with van der Waals surface area (Å²) < 4.78 is 4.97. The summed E-state index contributed by atoms with van der Waals surface area (Å²) in [5.74, 6) is 1.79.